The van der Waals surface area contributed by atoms with E-state index in [9.17, 15) is 8.42 Å². The Hall–Kier alpha value is -0.460. The summed E-state index contributed by atoms with van der Waals surface area (Å²) in [5, 5.41) is 4.92. The highest BCUT2D eigenvalue weighted by Crippen LogP contribution is 2.14. The van der Waals surface area contributed by atoms with Gasteiger partial charge in [-0.3, -0.25) is 0 Å². The Morgan fingerprint density at radius 3 is 2.50 bits per heavy atom. The standard InChI is InChI=1S/C6H7BrN2O2S/c1-4-5(12(8,10)11)2-3-6(7)9-4/h2-3H,1H3,(H2,8,10,11). The van der Waals surface area contributed by atoms with Crippen molar-refractivity contribution in [2.24, 2.45) is 5.14 Å². The van der Waals surface area contributed by atoms with Gasteiger partial charge in [-0.2, -0.15) is 0 Å². The topological polar surface area (TPSA) is 73.0 Å². The van der Waals surface area contributed by atoms with E-state index in [2.05, 4.69) is 20.9 Å². The Kier molecular flexibility index (Phi) is 2.50. The molecule has 1 aromatic heterocycles. The van der Waals surface area contributed by atoms with Gasteiger partial charge in [-0.05, 0) is 35.0 Å². The quantitative estimate of drug-likeness (QED) is 0.750. The SMILES string of the molecule is Cc1nc(Br)ccc1S(N)(=O)=O. The lowest BCUT2D eigenvalue weighted by Crippen LogP contribution is -2.14. The number of aryl methyl sites for hydroxylation is 1. The fourth-order valence-electron chi connectivity index (χ4n) is 0.818. The molecule has 12 heavy (non-hydrogen) atoms. The molecule has 0 fully saturated rings. The van der Waals surface area contributed by atoms with Crippen LogP contribution in [0.3, 0.4) is 0 Å². The van der Waals surface area contributed by atoms with Gasteiger partial charge in [-0.15, -0.1) is 0 Å². The summed E-state index contributed by atoms with van der Waals surface area (Å²) in [5.74, 6) is 0. The van der Waals surface area contributed by atoms with Gasteiger partial charge >= 0.3 is 0 Å². The summed E-state index contributed by atoms with van der Waals surface area (Å²) < 4.78 is 22.4. The summed E-state index contributed by atoms with van der Waals surface area (Å²) in [4.78, 5) is 3.96. The summed E-state index contributed by atoms with van der Waals surface area (Å²) in [6.45, 7) is 1.59. The fraction of sp³-hybridized carbons (Fsp3) is 0.167. The van der Waals surface area contributed by atoms with Crippen molar-refractivity contribution in [1.29, 1.82) is 0 Å². The van der Waals surface area contributed by atoms with E-state index in [1.165, 1.54) is 12.1 Å². The predicted molar refractivity (Wildman–Crippen MR) is 48.0 cm³/mol. The number of nitrogens with two attached hydrogens (primary N) is 1. The van der Waals surface area contributed by atoms with Crippen molar-refractivity contribution < 1.29 is 8.42 Å². The highest BCUT2D eigenvalue weighted by molar-refractivity contribution is 9.10. The molecule has 4 nitrogen and oxygen atoms in total. The number of rotatable bonds is 1. The second-order valence-corrected chi connectivity index (χ2v) is 4.60. The fourth-order valence-corrected chi connectivity index (χ4v) is 1.93. The molecule has 0 aliphatic carbocycles. The molecule has 0 spiro atoms. The van der Waals surface area contributed by atoms with Crippen molar-refractivity contribution in [3.63, 3.8) is 0 Å². The van der Waals surface area contributed by atoms with Crippen LogP contribution in [0.15, 0.2) is 21.6 Å². The van der Waals surface area contributed by atoms with Crippen molar-refractivity contribution in [3.05, 3.63) is 22.4 Å². The third-order valence-electron chi connectivity index (χ3n) is 1.31. The maximum atomic E-state index is 10.9. The number of nitrogens with zero attached hydrogens (tertiary/aromatic N) is 1. The number of aromatic nitrogens is 1. The van der Waals surface area contributed by atoms with Gasteiger partial charge in [0.1, 0.15) is 9.50 Å². The lowest BCUT2D eigenvalue weighted by atomic mass is 10.4. The molecule has 0 atom stereocenters. The Balaban J connectivity index is 3.39. The minimum absolute atomic E-state index is 0.0608. The van der Waals surface area contributed by atoms with Gasteiger partial charge in [0.05, 0.1) is 5.69 Å². The molecule has 0 unspecified atom stereocenters. The maximum Gasteiger partial charge on any atom is 0.239 e. The van der Waals surface area contributed by atoms with Crippen LogP contribution in [0, 0.1) is 6.92 Å². The molecule has 0 bridgehead atoms. The molecule has 6 heteroatoms. The number of hydrogen-bond donors (Lipinski definition) is 1. The number of hydrogen-bond acceptors (Lipinski definition) is 3. The second kappa shape index (κ2) is 3.12. The van der Waals surface area contributed by atoms with Gasteiger partial charge < -0.3 is 0 Å². The first kappa shape index (κ1) is 9.63. The van der Waals surface area contributed by atoms with E-state index >= 15 is 0 Å². The number of halogens is 1. The molecule has 1 aromatic rings. The molecule has 0 aliphatic heterocycles. The van der Waals surface area contributed by atoms with Crippen LogP contribution in [0.4, 0.5) is 0 Å². The minimum atomic E-state index is -3.63. The molecule has 0 saturated carbocycles. The van der Waals surface area contributed by atoms with Crippen molar-refractivity contribution >= 4 is 26.0 Å². The van der Waals surface area contributed by atoms with Gasteiger partial charge in [0.15, 0.2) is 0 Å². The Morgan fingerprint density at radius 2 is 2.08 bits per heavy atom. The molecule has 1 heterocycles. The van der Waals surface area contributed by atoms with Gasteiger partial charge in [0.25, 0.3) is 0 Å². The highest BCUT2D eigenvalue weighted by Gasteiger charge is 2.11. The van der Waals surface area contributed by atoms with E-state index in [4.69, 9.17) is 5.14 Å². The molecule has 0 saturated heterocycles. The Bertz CT molecular complexity index is 402. The van der Waals surface area contributed by atoms with Crippen LogP contribution in [0.1, 0.15) is 5.69 Å². The first-order chi connectivity index (χ1) is 5.41. The van der Waals surface area contributed by atoms with Crippen LogP contribution >= 0.6 is 15.9 Å². The van der Waals surface area contributed by atoms with E-state index in [0.29, 0.717) is 10.3 Å². The van der Waals surface area contributed by atoms with Crippen molar-refractivity contribution in [3.8, 4) is 0 Å². The van der Waals surface area contributed by atoms with Crippen LogP contribution in [0.2, 0.25) is 0 Å². The lowest BCUT2D eigenvalue weighted by molar-refractivity contribution is 0.596. The van der Waals surface area contributed by atoms with E-state index in [-0.39, 0.29) is 4.90 Å². The first-order valence-electron chi connectivity index (χ1n) is 3.07. The largest absolute Gasteiger partial charge is 0.245 e. The molecular formula is C6H7BrN2O2S. The third-order valence-corrected chi connectivity index (χ3v) is 2.80. The molecule has 0 aromatic carbocycles. The average molecular weight is 251 g/mol. The van der Waals surface area contributed by atoms with E-state index in [1.54, 1.807) is 6.92 Å². The van der Waals surface area contributed by atoms with Crippen molar-refractivity contribution in [2.45, 2.75) is 11.8 Å². The highest BCUT2D eigenvalue weighted by atomic mass is 79.9. The second-order valence-electron chi connectivity index (χ2n) is 2.26. The van der Waals surface area contributed by atoms with E-state index < -0.39 is 10.0 Å². The van der Waals surface area contributed by atoms with Gasteiger partial charge in [0, 0.05) is 0 Å². The Morgan fingerprint density at radius 1 is 1.50 bits per heavy atom. The predicted octanol–water partition coefficient (Wildman–Crippen LogP) is 0.800. The maximum absolute atomic E-state index is 10.9. The zero-order chi connectivity index (χ0) is 9.35. The molecule has 0 aliphatic rings. The zero-order valence-electron chi connectivity index (χ0n) is 6.28. The zero-order valence-corrected chi connectivity index (χ0v) is 8.68. The molecule has 0 radical (unpaired) electrons. The molecule has 0 amide bonds. The summed E-state index contributed by atoms with van der Waals surface area (Å²) in [6, 6.07) is 2.95. The average Bonchev–Trinajstić information content (AvgIpc) is 1.83. The summed E-state index contributed by atoms with van der Waals surface area (Å²) >= 11 is 3.12. The summed E-state index contributed by atoms with van der Waals surface area (Å²) in [5.41, 5.74) is 0.395. The molecule has 2 N–H and O–H groups in total. The number of sulfonamides is 1. The van der Waals surface area contributed by atoms with Gasteiger partial charge in [0.2, 0.25) is 10.0 Å². The van der Waals surface area contributed by atoms with E-state index in [0.717, 1.165) is 0 Å². The summed E-state index contributed by atoms with van der Waals surface area (Å²) in [7, 11) is -3.63. The first-order valence-corrected chi connectivity index (χ1v) is 5.41. The summed E-state index contributed by atoms with van der Waals surface area (Å²) in [6.07, 6.45) is 0. The van der Waals surface area contributed by atoms with Crippen LogP contribution in [0.25, 0.3) is 0 Å². The molecule has 66 valence electrons. The third kappa shape index (κ3) is 2.02. The monoisotopic (exact) mass is 250 g/mol. The van der Waals surface area contributed by atoms with Crippen molar-refractivity contribution in [2.75, 3.05) is 0 Å². The number of pyridine rings is 1. The smallest absolute Gasteiger partial charge is 0.239 e. The van der Waals surface area contributed by atoms with Gasteiger partial charge in [-0.25, -0.2) is 18.5 Å². The van der Waals surface area contributed by atoms with Crippen LogP contribution < -0.4 is 5.14 Å². The Labute approximate surface area is 79.0 Å². The van der Waals surface area contributed by atoms with E-state index in [1.807, 2.05) is 0 Å². The van der Waals surface area contributed by atoms with Crippen LogP contribution in [-0.4, -0.2) is 13.4 Å². The lowest BCUT2D eigenvalue weighted by Gasteiger charge is -2.01. The van der Waals surface area contributed by atoms with Crippen LogP contribution in [-0.2, 0) is 10.0 Å². The molecule has 1 rings (SSSR count). The van der Waals surface area contributed by atoms with Gasteiger partial charge in [-0.1, -0.05) is 0 Å². The van der Waals surface area contributed by atoms with Crippen LogP contribution in [0.5, 0.6) is 0 Å². The minimum Gasteiger partial charge on any atom is -0.245 e. The normalized spacial score (nSPS) is 11.6. The molecular weight excluding hydrogens is 244 g/mol. The number of primary sulfonamides is 1. The van der Waals surface area contributed by atoms with Crippen molar-refractivity contribution in [1.82, 2.24) is 4.98 Å².